The summed E-state index contributed by atoms with van der Waals surface area (Å²) in [5, 5.41) is 0. The fourth-order valence-corrected chi connectivity index (χ4v) is 7.44. The molecule has 0 aliphatic carbocycles. The predicted molar refractivity (Wildman–Crippen MR) is 88.7 cm³/mol. The Morgan fingerprint density at radius 2 is 1.30 bits per heavy atom. The van der Waals surface area contributed by atoms with Crippen molar-refractivity contribution in [3.8, 4) is 0 Å². The molecular weight excluding hydrogens is 351 g/mol. The van der Waals surface area contributed by atoms with Crippen molar-refractivity contribution < 1.29 is 0 Å². The predicted octanol–water partition coefficient (Wildman–Crippen LogP) is 4.54. The first-order chi connectivity index (χ1) is 9.76. The van der Waals surface area contributed by atoms with Crippen molar-refractivity contribution in [1.29, 1.82) is 0 Å². The first-order valence-corrected chi connectivity index (χ1v) is 11.2. The molecule has 0 bridgehead atoms. The van der Waals surface area contributed by atoms with E-state index in [9.17, 15) is 0 Å². The van der Waals surface area contributed by atoms with Gasteiger partial charge in [0.2, 0.25) is 0 Å². The molecule has 1 aromatic rings. The Labute approximate surface area is 135 Å². The summed E-state index contributed by atoms with van der Waals surface area (Å²) in [7, 11) is 0. The second-order valence-corrected chi connectivity index (χ2v) is 10.8. The molecule has 0 saturated carbocycles. The molecule has 2 nitrogen and oxygen atoms in total. The number of aromatic nitrogens is 2. The number of hydrogen-bond donors (Lipinski definition) is 0. The van der Waals surface area contributed by atoms with Crippen LogP contribution < -0.4 is 3.84 Å². The summed E-state index contributed by atoms with van der Waals surface area (Å²) in [6.45, 7) is 6.94. The molecular formula is C17H30N2Sn. The van der Waals surface area contributed by atoms with Crippen LogP contribution in [0, 0.1) is 0 Å². The van der Waals surface area contributed by atoms with Crippen molar-refractivity contribution in [3.05, 3.63) is 18.5 Å². The summed E-state index contributed by atoms with van der Waals surface area (Å²) in [5.41, 5.74) is 0. The molecule has 0 fully saturated rings. The average Bonchev–Trinajstić information content (AvgIpc) is 2.49. The van der Waals surface area contributed by atoms with Gasteiger partial charge in [-0.15, -0.1) is 0 Å². The first kappa shape index (κ1) is 17.9. The van der Waals surface area contributed by atoms with Crippen LogP contribution in [0.5, 0.6) is 0 Å². The molecule has 0 saturated heterocycles. The van der Waals surface area contributed by atoms with Gasteiger partial charge in [0.25, 0.3) is 0 Å². The quantitative estimate of drug-likeness (QED) is 0.527. The SMILES string of the molecule is CCCC[C](CCCC)(CCCC)[Sn][c]1ncccn1. The number of unbranched alkanes of at least 4 members (excludes halogenated alkanes) is 3. The van der Waals surface area contributed by atoms with E-state index in [1.54, 1.807) is 0 Å². The zero-order valence-electron chi connectivity index (χ0n) is 13.5. The molecule has 1 rings (SSSR count). The fourth-order valence-electron chi connectivity index (χ4n) is 2.71. The van der Waals surface area contributed by atoms with Gasteiger partial charge in [-0.3, -0.25) is 0 Å². The zero-order chi connectivity index (χ0) is 14.7. The number of rotatable bonds is 11. The third kappa shape index (κ3) is 6.55. The monoisotopic (exact) mass is 382 g/mol. The summed E-state index contributed by atoms with van der Waals surface area (Å²) < 4.78 is 1.81. The van der Waals surface area contributed by atoms with Crippen molar-refractivity contribution in [3.63, 3.8) is 0 Å². The Balaban J connectivity index is 2.81. The Bertz CT molecular complexity index is 318. The topological polar surface area (TPSA) is 25.8 Å². The molecule has 1 heterocycles. The number of hydrogen-bond acceptors (Lipinski definition) is 2. The van der Waals surface area contributed by atoms with Crippen LogP contribution in [0.15, 0.2) is 18.5 Å². The molecule has 0 unspecified atom stereocenters. The summed E-state index contributed by atoms with van der Waals surface area (Å²) in [5.74, 6) is 0. The van der Waals surface area contributed by atoms with E-state index in [0.717, 1.165) is 0 Å². The van der Waals surface area contributed by atoms with E-state index >= 15 is 0 Å². The van der Waals surface area contributed by atoms with Gasteiger partial charge < -0.3 is 0 Å². The Kier molecular flexibility index (Phi) is 9.49. The molecule has 0 N–H and O–H groups in total. The van der Waals surface area contributed by atoms with Crippen LogP contribution in [0.1, 0.15) is 78.6 Å². The van der Waals surface area contributed by atoms with Crippen molar-refractivity contribution in [2.75, 3.05) is 0 Å². The molecule has 0 amide bonds. The normalized spacial score (nSPS) is 11.8. The van der Waals surface area contributed by atoms with Gasteiger partial charge in [0, 0.05) is 0 Å². The molecule has 3 heteroatoms. The van der Waals surface area contributed by atoms with Crippen LogP contribution in [-0.4, -0.2) is 31.1 Å². The van der Waals surface area contributed by atoms with Gasteiger partial charge in [-0.2, -0.15) is 0 Å². The van der Waals surface area contributed by atoms with Crippen molar-refractivity contribution in [2.45, 2.75) is 82.0 Å². The Morgan fingerprint density at radius 3 is 1.70 bits per heavy atom. The van der Waals surface area contributed by atoms with E-state index in [4.69, 9.17) is 0 Å². The molecule has 0 atom stereocenters. The average molecular weight is 381 g/mol. The minimum absolute atomic E-state index is 0.604. The van der Waals surface area contributed by atoms with E-state index in [0.29, 0.717) is 3.43 Å². The summed E-state index contributed by atoms with van der Waals surface area (Å²) >= 11 is -0.712. The molecule has 2 radical (unpaired) electrons. The second kappa shape index (κ2) is 10.6. The van der Waals surface area contributed by atoms with Gasteiger partial charge in [0.05, 0.1) is 0 Å². The summed E-state index contributed by atoms with van der Waals surface area (Å²) in [6.07, 6.45) is 16.2. The third-order valence-electron chi connectivity index (χ3n) is 3.97. The van der Waals surface area contributed by atoms with Crippen LogP contribution in [0.3, 0.4) is 0 Å². The Morgan fingerprint density at radius 1 is 0.850 bits per heavy atom. The van der Waals surface area contributed by atoms with Gasteiger partial charge >= 0.3 is 135 Å². The van der Waals surface area contributed by atoms with Crippen LogP contribution in [0.2, 0.25) is 3.43 Å². The van der Waals surface area contributed by atoms with E-state index in [1.165, 1.54) is 61.6 Å². The molecule has 0 aliphatic heterocycles. The van der Waals surface area contributed by atoms with E-state index < -0.39 is 21.1 Å². The van der Waals surface area contributed by atoms with Crippen molar-refractivity contribution in [2.24, 2.45) is 0 Å². The number of nitrogens with zero attached hydrogens (tertiary/aromatic N) is 2. The van der Waals surface area contributed by atoms with E-state index in [-0.39, 0.29) is 0 Å². The van der Waals surface area contributed by atoms with Crippen molar-refractivity contribution >= 4 is 25.0 Å². The minimum atomic E-state index is -0.712. The van der Waals surface area contributed by atoms with Crippen LogP contribution in [0.4, 0.5) is 0 Å². The molecule has 0 aliphatic rings. The molecule has 112 valence electrons. The van der Waals surface area contributed by atoms with Crippen LogP contribution >= 0.6 is 0 Å². The molecule has 1 aromatic heterocycles. The van der Waals surface area contributed by atoms with Crippen LogP contribution in [0.25, 0.3) is 0 Å². The van der Waals surface area contributed by atoms with E-state index in [1.807, 2.05) is 18.5 Å². The van der Waals surface area contributed by atoms with Gasteiger partial charge in [0.15, 0.2) is 0 Å². The van der Waals surface area contributed by atoms with Gasteiger partial charge in [-0.25, -0.2) is 0 Å². The Hall–Kier alpha value is -0.121. The maximum atomic E-state index is 4.55. The van der Waals surface area contributed by atoms with Crippen molar-refractivity contribution in [1.82, 2.24) is 9.97 Å². The maximum absolute atomic E-state index is 4.55. The second-order valence-electron chi connectivity index (χ2n) is 5.79. The van der Waals surface area contributed by atoms with Gasteiger partial charge in [0.1, 0.15) is 0 Å². The fraction of sp³-hybridized carbons (Fsp3) is 0.765. The first-order valence-electron chi connectivity index (χ1n) is 8.31. The molecule has 20 heavy (non-hydrogen) atoms. The molecule has 0 aromatic carbocycles. The summed E-state index contributed by atoms with van der Waals surface area (Å²) in [6, 6.07) is 1.94. The van der Waals surface area contributed by atoms with E-state index in [2.05, 4.69) is 30.7 Å². The van der Waals surface area contributed by atoms with Crippen LogP contribution in [-0.2, 0) is 0 Å². The van der Waals surface area contributed by atoms with Gasteiger partial charge in [-0.05, 0) is 0 Å². The standard InChI is InChI=1S/C13H27.C4H3N2.Sn/c1-4-7-10-13(11-8-5-2)12-9-6-3;1-2-5-4-6-3-1;/h4-12H2,1-3H3;1-3H;. The zero-order valence-corrected chi connectivity index (χ0v) is 16.3. The molecule has 0 spiro atoms. The summed E-state index contributed by atoms with van der Waals surface area (Å²) in [4.78, 5) is 9.10. The van der Waals surface area contributed by atoms with Gasteiger partial charge in [-0.1, -0.05) is 0 Å². The third-order valence-corrected chi connectivity index (χ3v) is 9.00.